The SMILES string of the molecule is COc1cc(/C=N\NC(=O)C[C@@H](NC(=O)c2ccccc2)c2ccccc2)cc(Cl)c1OCc1ccc(Cl)cc1. The maximum atomic E-state index is 12.8. The molecule has 0 aliphatic rings. The van der Waals surface area contributed by atoms with Crippen LogP contribution < -0.4 is 20.2 Å². The maximum absolute atomic E-state index is 12.8. The molecule has 204 valence electrons. The second-order valence-corrected chi connectivity index (χ2v) is 9.59. The molecular weight excluding hydrogens is 549 g/mol. The highest BCUT2D eigenvalue weighted by molar-refractivity contribution is 6.32. The minimum absolute atomic E-state index is 0.0124. The highest BCUT2D eigenvalue weighted by Crippen LogP contribution is 2.36. The van der Waals surface area contributed by atoms with Gasteiger partial charge in [0.1, 0.15) is 6.61 Å². The molecule has 40 heavy (non-hydrogen) atoms. The lowest BCUT2D eigenvalue weighted by Crippen LogP contribution is -2.32. The molecule has 9 heteroatoms. The van der Waals surface area contributed by atoms with Gasteiger partial charge in [0.05, 0.1) is 30.8 Å². The molecule has 0 saturated heterocycles. The van der Waals surface area contributed by atoms with E-state index in [0.29, 0.717) is 32.7 Å². The zero-order valence-electron chi connectivity index (χ0n) is 21.6. The summed E-state index contributed by atoms with van der Waals surface area (Å²) in [6.45, 7) is 0.278. The summed E-state index contributed by atoms with van der Waals surface area (Å²) in [5, 5.41) is 7.98. The van der Waals surface area contributed by atoms with Crippen molar-refractivity contribution >= 4 is 41.2 Å². The summed E-state index contributed by atoms with van der Waals surface area (Å²) >= 11 is 12.4. The first-order chi connectivity index (χ1) is 19.4. The van der Waals surface area contributed by atoms with Crippen molar-refractivity contribution in [1.82, 2.24) is 10.7 Å². The number of amides is 2. The number of nitrogens with zero attached hydrogens (tertiary/aromatic N) is 1. The second kappa shape index (κ2) is 14.2. The molecule has 4 aromatic carbocycles. The minimum Gasteiger partial charge on any atom is -0.493 e. The zero-order valence-corrected chi connectivity index (χ0v) is 23.2. The van der Waals surface area contributed by atoms with Gasteiger partial charge in [-0.15, -0.1) is 0 Å². The fourth-order valence-electron chi connectivity index (χ4n) is 3.87. The normalized spacial score (nSPS) is 11.6. The van der Waals surface area contributed by atoms with E-state index in [1.807, 2.05) is 48.5 Å². The first-order valence-corrected chi connectivity index (χ1v) is 13.2. The molecular formula is C31H27Cl2N3O4. The summed E-state index contributed by atoms with van der Waals surface area (Å²) in [6.07, 6.45) is 1.44. The highest BCUT2D eigenvalue weighted by Gasteiger charge is 2.19. The number of methoxy groups -OCH3 is 1. The summed E-state index contributed by atoms with van der Waals surface area (Å²) in [5.74, 6) is 0.160. The molecule has 2 amide bonds. The van der Waals surface area contributed by atoms with Crippen molar-refractivity contribution in [1.29, 1.82) is 0 Å². The number of halogens is 2. The van der Waals surface area contributed by atoms with E-state index in [9.17, 15) is 9.59 Å². The van der Waals surface area contributed by atoms with Crippen molar-refractivity contribution in [2.24, 2.45) is 5.10 Å². The van der Waals surface area contributed by atoms with E-state index in [1.165, 1.54) is 13.3 Å². The van der Waals surface area contributed by atoms with Gasteiger partial charge in [-0.1, -0.05) is 83.9 Å². The number of hydrogen-bond donors (Lipinski definition) is 2. The highest BCUT2D eigenvalue weighted by atomic mass is 35.5. The van der Waals surface area contributed by atoms with Crippen LogP contribution >= 0.6 is 23.2 Å². The summed E-state index contributed by atoms with van der Waals surface area (Å²) in [6, 6.07) is 28.2. The molecule has 0 aliphatic heterocycles. The molecule has 0 unspecified atom stereocenters. The van der Waals surface area contributed by atoms with Crippen LogP contribution in [0.1, 0.15) is 39.5 Å². The molecule has 0 heterocycles. The van der Waals surface area contributed by atoms with E-state index < -0.39 is 6.04 Å². The van der Waals surface area contributed by atoms with Gasteiger partial charge in [0.25, 0.3) is 5.91 Å². The molecule has 2 N–H and O–H groups in total. The number of carbonyl (C=O) groups excluding carboxylic acids is 2. The molecule has 4 aromatic rings. The van der Waals surface area contributed by atoms with Gasteiger partial charge in [-0.05, 0) is 53.1 Å². The predicted octanol–water partition coefficient (Wildman–Crippen LogP) is 6.59. The number of ether oxygens (including phenoxy) is 2. The van der Waals surface area contributed by atoms with Crippen LogP contribution in [-0.2, 0) is 11.4 Å². The molecule has 0 fully saturated rings. The molecule has 0 aromatic heterocycles. The van der Waals surface area contributed by atoms with Crippen molar-refractivity contribution in [2.45, 2.75) is 19.1 Å². The Labute approximate surface area is 242 Å². The van der Waals surface area contributed by atoms with E-state index in [-0.39, 0.29) is 24.8 Å². The maximum Gasteiger partial charge on any atom is 0.251 e. The Morgan fingerprint density at radius 2 is 1.60 bits per heavy atom. The largest absolute Gasteiger partial charge is 0.493 e. The fraction of sp³-hybridized carbons (Fsp3) is 0.129. The third kappa shape index (κ3) is 8.09. The monoisotopic (exact) mass is 575 g/mol. The van der Waals surface area contributed by atoms with Crippen molar-refractivity contribution in [2.75, 3.05) is 7.11 Å². The zero-order chi connectivity index (χ0) is 28.3. The van der Waals surface area contributed by atoms with E-state index >= 15 is 0 Å². The van der Waals surface area contributed by atoms with Crippen molar-refractivity contribution in [3.05, 3.63) is 129 Å². The van der Waals surface area contributed by atoms with E-state index in [2.05, 4.69) is 15.8 Å². The Morgan fingerprint density at radius 1 is 0.925 bits per heavy atom. The minimum atomic E-state index is -0.546. The van der Waals surface area contributed by atoms with Crippen molar-refractivity contribution in [3.8, 4) is 11.5 Å². The second-order valence-electron chi connectivity index (χ2n) is 8.75. The first kappa shape index (κ1) is 28.7. The van der Waals surface area contributed by atoms with Crippen LogP contribution in [0.15, 0.2) is 102 Å². The average Bonchev–Trinajstić information content (AvgIpc) is 2.97. The number of carbonyl (C=O) groups is 2. The van der Waals surface area contributed by atoms with Crippen LogP contribution in [-0.4, -0.2) is 25.1 Å². The predicted molar refractivity (Wildman–Crippen MR) is 157 cm³/mol. The van der Waals surface area contributed by atoms with Gasteiger partial charge in [-0.3, -0.25) is 9.59 Å². The molecule has 0 saturated carbocycles. The molecule has 0 aliphatic carbocycles. The Bertz CT molecular complexity index is 1460. The summed E-state index contributed by atoms with van der Waals surface area (Å²) in [5.41, 5.74) is 5.35. The molecule has 1 atom stereocenters. The number of rotatable bonds is 11. The average molecular weight is 576 g/mol. The summed E-state index contributed by atoms with van der Waals surface area (Å²) in [4.78, 5) is 25.5. The molecule has 0 radical (unpaired) electrons. The van der Waals surface area contributed by atoms with Gasteiger partial charge < -0.3 is 14.8 Å². The number of hydrogen-bond acceptors (Lipinski definition) is 5. The van der Waals surface area contributed by atoms with Crippen LogP contribution in [0.25, 0.3) is 0 Å². The van der Waals surface area contributed by atoms with Gasteiger partial charge in [-0.2, -0.15) is 5.10 Å². The lowest BCUT2D eigenvalue weighted by Gasteiger charge is -2.18. The van der Waals surface area contributed by atoms with Crippen molar-refractivity contribution < 1.29 is 19.1 Å². The van der Waals surface area contributed by atoms with Crippen LogP contribution in [0, 0.1) is 0 Å². The van der Waals surface area contributed by atoms with E-state index in [0.717, 1.165) is 11.1 Å². The number of hydrazone groups is 1. The van der Waals surface area contributed by atoms with Crippen LogP contribution in [0.2, 0.25) is 10.0 Å². The fourth-order valence-corrected chi connectivity index (χ4v) is 4.27. The number of nitrogens with one attached hydrogen (secondary N) is 2. The van der Waals surface area contributed by atoms with Crippen LogP contribution in [0.5, 0.6) is 11.5 Å². The molecule has 7 nitrogen and oxygen atoms in total. The summed E-state index contributed by atoms with van der Waals surface area (Å²) in [7, 11) is 1.51. The lowest BCUT2D eigenvalue weighted by atomic mass is 10.0. The van der Waals surface area contributed by atoms with Crippen molar-refractivity contribution in [3.63, 3.8) is 0 Å². The third-order valence-electron chi connectivity index (χ3n) is 5.88. The van der Waals surface area contributed by atoms with Gasteiger partial charge in [-0.25, -0.2) is 5.43 Å². The molecule has 4 rings (SSSR count). The van der Waals surface area contributed by atoms with E-state index in [1.54, 1.807) is 48.5 Å². The smallest absolute Gasteiger partial charge is 0.251 e. The summed E-state index contributed by atoms with van der Waals surface area (Å²) < 4.78 is 11.3. The Kier molecular flexibility index (Phi) is 10.2. The van der Waals surface area contributed by atoms with E-state index in [4.69, 9.17) is 32.7 Å². The van der Waals surface area contributed by atoms with Gasteiger partial charge in [0.2, 0.25) is 5.91 Å². The van der Waals surface area contributed by atoms with Gasteiger partial charge in [0.15, 0.2) is 11.5 Å². The number of benzene rings is 4. The lowest BCUT2D eigenvalue weighted by molar-refractivity contribution is -0.121. The first-order valence-electron chi connectivity index (χ1n) is 12.4. The molecule has 0 bridgehead atoms. The van der Waals surface area contributed by atoms with Crippen LogP contribution in [0.4, 0.5) is 0 Å². The molecule has 0 spiro atoms. The quantitative estimate of drug-likeness (QED) is 0.156. The van der Waals surface area contributed by atoms with Crippen LogP contribution in [0.3, 0.4) is 0 Å². The standard InChI is InChI=1S/C31H27Cl2N3O4/c1-39-28-17-22(16-26(33)30(28)40-20-21-12-14-25(32)15-13-21)19-34-36-29(37)18-27(23-8-4-2-5-9-23)35-31(38)24-10-6-3-7-11-24/h2-17,19,27H,18,20H2,1H3,(H,35,38)(H,36,37)/b34-19-/t27-/m1/s1. The van der Waals surface area contributed by atoms with Gasteiger partial charge >= 0.3 is 0 Å². The van der Waals surface area contributed by atoms with Gasteiger partial charge in [0, 0.05) is 10.6 Å². The third-order valence-corrected chi connectivity index (χ3v) is 6.42. The topological polar surface area (TPSA) is 89.0 Å². The Balaban J connectivity index is 1.40. The Morgan fingerprint density at radius 3 is 2.27 bits per heavy atom. The Hall–Kier alpha value is -4.33.